The van der Waals surface area contributed by atoms with E-state index in [-0.39, 0.29) is 24.3 Å². The molecular weight excluding hydrogens is 376 g/mol. The van der Waals surface area contributed by atoms with E-state index in [1.807, 2.05) is 46.0 Å². The Balaban J connectivity index is 1.36. The summed E-state index contributed by atoms with van der Waals surface area (Å²) in [5.74, 6) is -0.0405. The molecule has 0 saturated heterocycles. The van der Waals surface area contributed by atoms with Crippen LogP contribution in [0.5, 0.6) is 0 Å². The van der Waals surface area contributed by atoms with Crippen LogP contribution in [0, 0.1) is 0 Å². The van der Waals surface area contributed by atoms with Gasteiger partial charge in [0.25, 0.3) is 0 Å². The number of amides is 2. The Kier molecular flexibility index (Phi) is 5.93. The lowest BCUT2D eigenvalue weighted by Gasteiger charge is -2.36. The number of hydrogen-bond donors (Lipinski definition) is 1. The molecule has 30 heavy (non-hydrogen) atoms. The molecule has 1 aliphatic heterocycles. The standard InChI is InChI=1S/C24H26N4O2/c1-18(29)28-12-10-21-4-2-3-5-22(21)23(28)14-24(30)26-15-19-6-8-20(9-7-19)16-27-13-11-25-17-27/h2-9,11,13,17,23H,10,12,14-16H2,1H3,(H,26,30). The van der Waals surface area contributed by atoms with Gasteiger partial charge in [0.2, 0.25) is 11.8 Å². The van der Waals surface area contributed by atoms with Gasteiger partial charge in [-0.3, -0.25) is 9.59 Å². The molecule has 1 unspecified atom stereocenters. The van der Waals surface area contributed by atoms with Gasteiger partial charge in [-0.25, -0.2) is 4.98 Å². The Morgan fingerprint density at radius 3 is 2.60 bits per heavy atom. The van der Waals surface area contributed by atoms with Crippen molar-refractivity contribution in [3.8, 4) is 0 Å². The van der Waals surface area contributed by atoms with Gasteiger partial charge in [-0.1, -0.05) is 48.5 Å². The first-order valence-electron chi connectivity index (χ1n) is 10.3. The molecule has 0 aliphatic carbocycles. The van der Waals surface area contributed by atoms with Crippen LogP contribution in [0.3, 0.4) is 0 Å². The summed E-state index contributed by atoms with van der Waals surface area (Å²) < 4.78 is 2.01. The van der Waals surface area contributed by atoms with E-state index in [1.165, 1.54) is 11.1 Å². The minimum atomic E-state index is -0.204. The highest BCUT2D eigenvalue weighted by atomic mass is 16.2. The van der Waals surface area contributed by atoms with E-state index in [0.29, 0.717) is 13.1 Å². The van der Waals surface area contributed by atoms with E-state index in [0.717, 1.165) is 24.1 Å². The summed E-state index contributed by atoms with van der Waals surface area (Å²) in [4.78, 5) is 30.7. The third kappa shape index (κ3) is 4.59. The molecule has 0 radical (unpaired) electrons. The van der Waals surface area contributed by atoms with Crippen LogP contribution >= 0.6 is 0 Å². The normalized spacial score (nSPS) is 15.5. The number of benzene rings is 2. The molecular formula is C24H26N4O2. The van der Waals surface area contributed by atoms with Crippen molar-refractivity contribution in [1.82, 2.24) is 19.8 Å². The van der Waals surface area contributed by atoms with Crippen LogP contribution in [0.25, 0.3) is 0 Å². The fraction of sp³-hybridized carbons (Fsp3) is 0.292. The number of rotatable bonds is 6. The van der Waals surface area contributed by atoms with Crippen molar-refractivity contribution in [2.45, 2.75) is 38.9 Å². The zero-order valence-corrected chi connectivity index (χ0v) is 17.1. The molecule has 4 rings (SSSR count). The third-order valence-electron chi connectivity index (χ3n) is 5.63. The Hall–Kier alpha value is -3.41. The molecule has 0 bridgehead atoms. The highest BCUT2D eigenvalue weighted by Crippen LogP contribution is 2.32. The Morgan fingerprint density at radius 1 is 1.10 bits per heavy atom. The maximum atomic E-state index is 12.7. The van der Waals surface area contributed by atoms with Crippen molar-refractivity contribution >= 4 is 11.8 Å². The van der Waals surface area contributed by atoms with Gasteiger partial charge in [0.1, 0.15) is 0 Å². The largest absolute Gasteiger partial charge is 0.352 e. The summed E-state index contributed by atoms with van der Waals surface area (Å²) in [7, 11) is 0. The molecule has 1 aliphatic rings. The molecule has 1 atom stereocenters. The maximum absolute atomic E-state index is 12.7. The lowest BCUT2D eigenvalue weighted by atomic mass is 9.90. The molecule has 2 aromatic carbocycles. The first kappa shape index (κ1) is 19.9. The van der Waals surface area contributed by atoms with Crippen molar-refractivity contribution in [2.75, 3.05) is 6.54 Å². The van der Waals surface area contributed by atoms with Gasteiger partial charge in [-0.2, -0.15) is 0 Å². The van der Waals surface area contributed by atoms with Gasteiger partial charge >= 0.3 is 0 Å². The summed E-state index contributed by atoms with van der Waals surface area (Å²) in [6.07, 6.45) is 6.60. The van der Waals surface area contributed by atoms with Crippen molar-refractivity contribution in [3.63, 3.8) is 0 Å². The number of nitrogens with zero attached hydrogens (tertiary/aromatic N) is 3. The predicted octanol–water partition coefficient (Wildman–Crippen LogP) is 3.08. The first-order valence-corrected chi connectivity index (χ1v) is 10.3. The predicted molar refractivity (Wildman–Crippen MR) is 115 cm³/mol. The molecule has 1 N–H and O–H groups in total. The lowest BCUT2D eigenvalue weighted by molar-refractivity contribution is -0.133. The van der Waals surface area contributed by atoms with Gasteiger partial charge in [0.15, 0.2) is 0 Å². The quantitative estimate of drug-likeness (QED) is 0.689. The molecule has 2 amide bonds. The maximum Gasteiger partial charge on any atom is 0.222 e. The molecule has 154 valence electrons. The van der Waals surface area contributed by atoms with Crippen molar-refractivity contribution in [1.29, 1.82) is 0 Å². The molecule has 6 nitrogen and oxygen atoms in total. The first-order chi connectivity index (χ1) is 14.6. The highest BCUT2D eigenvalue weighted by molar-refractivity contribution is 5.79. The molecule has 2 heterocycles. The average molecular weight is 402 g/mol. The Morgan fingerprint density at radius 2 is 1.87 bits per heavy atom. The van der Waals surface area contributed by atoms with Crippen molar-refractivity contribution in [2.24, 2.45) is 0 Å². The smallest absolute Gasteiger partial charge is 0.222 e. The van der Waals surface area contributed by atoms with E-state index in [9.17, 15) is 9.59 Å². The topological polar surface area (TPSA) is 67.2 Å². The van der Waals surface area contributed by atoms with Gasteiger partial charge in [0, 0.05) is 39.0 Å². The van der Waals surface area contributed by atoms with E-state index in [4.69, 9.17) is 0 Å². The second kappa shape index (κ2) is 8.95. The van der Waals surface area contributed by atoms with E-state index in [1.54, 1.807) is 19.4 Å². The number of fused-ring (bicyclic) bond motifs is 1. The number of imidazole rings is 1. The Labute approximate surface area is 176 Å². The van der Waals surface area contributed by atoms with Crippen LogP contribution in [0.1, 0.15) is 41.6 Å². The second-order valence-electron chi connectivity index (χ2n) is 7.71. The van der Waals surface area contributed by atoms with Gasteiger partial charge in [0.05, 0.1) is 18.8 Å². The summed E-state index contributed by atoms with van der Waals surface area (Å²) in [6, 6.07) is 16.1. The zero-order valence-electron chi connectivity index (χ0n) is 17.1. The summed E-state index contributed by atoms with van der Waals surface area (Å²) in [6.45, 7) is 3.47. The minimum Gasteiger partial charge on any atom is -0.352 e. The average Bonchev–Trinajstić information content (AvgIpc) is 3.26. The monoisotopic (exact) mass is 402 g/mol. The molecule has 0 saturated carbocycles. The van der Waals surface area contributed by atoms with Crippen LogP contribution in [0.2, 0.25) is 0 Å². The highest BCUT2D eigenvalue weighted by Gasteiger charge is 2.30. The number of aromatic nitrogens is 2. The number of nitrogens with one attached hydrogen (secondary N) is 1. The van der Waals surface area contributed by atoms with E-state index < -0.39 is 0 Å². The minimum absolute atomic E-state index is 0.00999. The second-order valence-corrected chi connectivity index (χ2v) is 7.71. The van der Waals surface area contributed by atoms with Gasteiger partial charge in [-0.15, -0.1) is 0 Å². The molecule has 0 spiro atoms. The van der Waals surface area contributed by atoms with Crippen LogP contribution in [-0.4, -0.2) is 32.8 Å². The van der Waals surface area contributed by atoms with Crippen LogP contribution < -0.4 is 5.32 Å². The summed E-state index contributed by atoms with van der Waals surface area (Å²) >= 11 is 0. The molecule has 3 aromatic rings. The molecule has 6 heteroatoms. The Bertz CT molecular complexity index is 1010. The van der Waals surface area contributed by atoms with Crippen molar-refractivity contribution < 1.29 is 9.59 Å². The number of carbonyl (C=O) groups excluding carboxylic acids is 2. The van der Waals surface area contributed by atoms with Crippen LogP contribution in [0.15, 0.2) is 67.3 Å². The zero-order chi connectivity index (χ0) is 20.9. The van der Waals surface area contributed by atoms with Gasteiger partial charge in [-0.05, 0) is 28.7 Å². The summed E-state index contributed by atoms with van der Waals surface area (Å²) in [5.41, 5.74) is 4.53. The summed E-state index contributed by atoms with van der Waals surface area (Å²) in [5, 5.41) is 3.01. The molecule has 1 aromatic heterocycles. The van der Waals surface area contributed by atoms with Crippen LogP contribution in [0.4, 0.5) is 0 Å². The fourth-order valence-corrected chi connectivity index (χ4v) is 4.05. The van der Waals surface area contributed by atoms with Gasteiger partial charge < -0.3 is 14.8 Å². The SMILES string of the molecule is CC(=O)N1CCc2ccccc2C1CC(=O)NCc1ccc(Cn2ccnc2)cc1. The van der Waals surface area contributed by atoms with E-state index >= 15 is 0 Å². The molecule has 0 fully saturated rings. The fourth-order valence-electron chi connectivity index (χ4n) is 4.05. The van der Waals surface area contributed by atoms with Crippen LogP contribution in [-0.2, 0) is 29.1 Å². The number of hydrogen-bond acceptors (Lipinski definition) is 3. The van der Waals surface area contributed by atoms with Crippen molar-refractivity contribution in [3.05, 3.63) is 89.5 Å². The number of carbonyl (C=O) groups is 2. The third-order valence-corrected chi connectivity index (χ3v) is 5.63. The lowest BCUT2D eigenvalue weighted by Crippen LogP contribution is -2.41. The van der Waals surface area contributed by atoms with E-state index in [2.05, 4.69) is 28.5 Å².